The minimum atomic E-state index is -1.40. The smallest absolute Gasteiger partial charge is 0.125 e. The van der Waals surface area contributed by atoms with Gasteiger partial charge in [0.15, 0.2) is 0 Å². The highest BCUT2D eigenvalue weighted by atomic mass is 32.2. The van der Waals surface area contributed by atoms with Crippen LogP contribution in [0.1, 0.15) is 25.0 Å². The molecule has 1 N–H and O–H groups in total. The fourth-order valence-corrected chi connectivity index (χ4v) is 5.22. The first-order valence-corrected chi connectivity index (χ1v) is 11.2. The van der Waals surface area contributed by atoms with Crippen molar-refractivity contribution in [1.82, 2.24) is 4.72 Å². The zero-order chi connectivity index (χ0) is 20.0. The molecule has 0 aliphatic heterocycles. The predicted octanol–water partition coefficient (Wildman–Crippen LogP) is 4.82. The quantitative estimate of drug-likeness (QED) is 0.645. The number of aryl methyl sites for hydroxylation is 2. The van der Waals surface area contributed by atoms with Crippen molar-refractivity contribution >= 4 is 21.8 Å². The fraction of sp³-hybridized carbons (Fsp3) is 0.273. The molecule has 3 nitrogen and oxygen atoms in total. The van der Waals surface area contributed by atoms with Gasteiger partial charge in [-0.2, -0.15) is 0 Å². The molecule has 2 unspecified atom stereocenters. The first-order valence-electron chi connectivity index (χ1n) is 8.89. The van der Waals surface area contributed by atoms with Gasteiger partial charge in [-0.15, -0.1) is 0 Å². The summed E-state index contributed by atoms with van der Waals surface area (Å²) in [5, 5.41) is 0. The van der Waals surface area contributed by atoms with E-state index in [2.05, 4.69) is 11.3 Å². The van der Waals surface area contributed by atoms with Gasteiger partial charge in [-0.05, 0) is 50.1 Å². The number of hydrogen-bond donors (Lipinski definition) is 1. The predicted molar refractivity (Wildman–Crippen MR) is 115 cm³/mol. The topological polar surface area (TPSA) is 46.2 Å². The van der Waals surface area contributed by atoms with Crippen LogP contribution < -0.4 is 4.72 Å². The molecule has 2 rings (SSSR count). The van der Waals surface area contributed by atoms with Crippen LogP contribution >= 0.6 is 0 Å². The fourth-order valence-electron chi connectivity index (χ4n) is 2.56. The van der Waals surface area contributed by atoms with Gasteiger partial charge in [-0.3, -0.25) is 0 Å². The van der Waals surface area contributed by atoms with Gasteiger partial charge >= 0.3 is 0 Å². The largest absolute Gasteiger partial charge is 0.249 e. The van der Waals surface area contributed by atoms with E-state index in [1.807, 2.05) is 76.2 Å². The van der Waals surface area contributed by atoms with Crippen molar-refractivity contribution in [3.05, 3.63) is 83.3 Å². The van der Waals surface area contributed by atoms with Crippen molar-refractivity contribution in [3.63, 3.8) is 0 Å². The van der Waals surface area contributed by atoms with Crippen molar-refractivity contribution in [2.75, 3.05) is 0 Å². The summed E-state index contributed by atoms with van der Waals surface area (Å²) in [6.07, 6.45) is 3.40. The molecule has 5 heteroatoms. The molecule has 0 fully saturated rings. The molecule has 3 atom stereocenters. The van der Waals surface area contributed by atoms with Crippen molar-refractivity contribution < 1.29 is 8.42 Å². The lowest BCUT2D eigenvalue weighted by Crippen LogP contribution is -2.38. The molecule has 0 aliphatic rings. The molecule has 0 heterocycles. The Bertz CT molecular complexity index is 853. The van der Waals surface area contributed by atoms with Gasteiger partial charge in [0, 0.05) is 9.80 Å². The lowest BCUT2D eigenvalue weighted by Gasteiger charge is -2.24. The van der Waals surface area contributed by atoms with Crippen LogP contribution in [-0.4, -0.2) is 14.5 Å². The highest BCUT2D eigenvalue weighted by Crippen LogP contribution is 2.23. The summed E-state index contributed by atoms with van der Waals surface area (Å²) in [6.45, 7) is 11.8. The second kappa shape index (κ2) is 9.93. The van der Waals surface area contributed by atoms with E-state index >= 15 is 0 Å². The summed E-state index contributed by atoms with van der Waals surface area (Å²) >= 11 is 0. The molecule has 2 aromatic rings. The molecular formula is C22H27NO2S2. The maximum Gasteiger partial charge on any atom is 0.125 e. The van der Waals surface area contributed by atoms with Crippen LogP contribution in [0.25, 0.3) is 0 Å². The molecule has 2 aromatic carbocycles. The second-order valence-electron chi connectivity index (χ2n) is 6.81. The van der Waals surface area contributed by atoms with E-state index in [-0.39, 0.29) is 12.0 Å². The summed E-state index contributed by atoms with van der Waals surface area (Å²) in [7, 11) is -2.77. The zero-order valence-electron chi connectivity index (χ0n) is 16.3. The highest BCUT2D eigenvalue weighted by Gasteiger charge is 2.25. The van der Waals surface area contributed by atoms with E-state index in [1.165, 1.54) is 0 Å². The maximum absolute atomic E-state index is 13.2. The third-order valence-electron chi connectivity index (χ3n) is 4.17. The van der Waals surface area contributed by atoms with Crippen LogP contribution in [0.5, 0.6) is 0 Å². The van der Waals surface area contributed by atoms with E-state index < -0.39 is 21.8 Å². The third kappa shape index (κ3) is 5.83. The van der Waals surface area contributed by atoms with E-state index in [0.717, 1.165) is 16.0 Å². The second-order valence-corrected chi connectivity index (χ2v) is 9.53. The zero-order valence-corrected chi connectivity index (χ0v) is 17.9. The summed E-state index contributed by atoms with van der Waals surface area (Å²) < 4.78 is 29.2. The molecule has 0 saturated carbocycles. The van der Waals surface area contributed by atoms with E-state index in [1.54, 1.807) is 12.2 Å². The normalized spacial score (nSPS) is 15.4. The number of hydrogen-bond acceptors (Lipinski definition) is 2. The number of rotatable bonds is 8. The van der Waals surface area contributed by atoms with Crippen molar-refractivity contribution in [1.29, 1.82) is 0 Å². The summed E-state index contributed by atoms with van der Waals surface area (Å²) in [5.41, 5.74) is 2.23. The van der Waals surface area contributed by atoms with Gasteiger partial charge in [-0.1, -0.05) is 61.9 Å². The Kier molecular flexibility index (Phi) is 7.90. The Morgan fingerprint density at radius 1 is 0.926 bits per heavy atom. The van der Waals surface area contributed by atoms with Gasteiger partial charge in [0.05, 0.1) is 21.7 Å². The molecular weight excluding hydrogens is 374 g/mol. The Balaban J connectivity index is 2.32. The van der Waals surface area contributed by atoms with Crippen LogP contribution in [0.15, 0.2) is 82.0 Å². The van der Waals surface area contributed by atoms with Crippen LogP contribution in [0.4, 0.5) is 0 Å². The van der Waals surface area contributed by atoms with E-state index in [0.29, 0.717) is 9.80 Å². The first-order chi connectivity index (χ1) is 12.8. The summed E-state index contributed by atoms with van der Waals surface area (Å²) in [5.74, 6) is 0.0972. The average molecular weight is 402 g/mol. The van der Waals surface area contributed by atoms with Gasteiger partial charge < -0.3 is 0 Å². The molecule has 0 radical (unpaired) electrons. The standard InChI is InChI=1S/C22H27NO2S2/c1-6-7-21(26(24)19-12-8-17(4)9-13-19)22(16(2)3)23-27(25)20-14-10-18(5)11-15-20/h6-16,22-23H,1H2,2-5H3/b21-7+/t22-,26?,27?/m0/s1. The number of nitrogens with one attached hydrogen (secondary N) is 1. The van der Waals surface area contributed by atoms with Crippen molar-refractivity contribution in [2.45, 2.75) is 43.5 Å². The Labute approximate surface area is 167 Å². The molecule has 0 spiro atoms. The molecule has 0 amide bonds. The maximum atomic E-state index is 13.2. The van der Waals surface area contributed by atoms with E-state index in [4.69, 9.17) is 0 Å². The van der Waals surface area contributed by atoms with Crippen LogP contribution in [0.2, 0.25) is 0 Å². The van der Waals surface area contributed by atoms with Gasteiger partial charge in [0.2, 0.25) is 0 Å². The molecule has 0 saturated heterocycles. The summed E-state index contributed by atoms with van der Waals surface area (Å²) in [6, 6.07) is 14.9. The number of allylic oxidation sites excluding steroid dienone is 2. The first kappa shape index (κ1) is 21.5. The minimum absolute atomic E-state index is 0.0972. The SMILES string of the molecule is C=C/C=C(\[C@@H](NS(=O)c1ccc(C)cc1)C(C)C)S(=O)c1ccc(C)cc1. The Morgan fingerprint density at radius 2 is 1.41 bits per heavy atom. The number of benzene rings is 2. The Hall–Kier alpha value is -1.82. The van der Waals surface area contributed by atoms with Crippen LogP contribution in [0, 0.1) is 19.8 Å². The average Bonchev–Trinajstić information content (AvgIpc) is 2.65. The van der Waals surface area contributed by atoms with Crippen LogP contribution in [0.3, 0.4) is 0 Å². The van der Waals surface area contributed by atoms with Crippen molar-refractivity contribution in [3.8, 4) is 0 Å². The third-order valence-corrected chi connectivity index (χ3v) is 6.86. The molecule has 27 heavy (non-hydrogen) atoms. The molecule has 144 valence electrons. The van der Waals surface area contributed by atoms with Gasteiger partial charge in [-0.25, -0.2) is 13.1 Å². The van der Waals surface area contributed by atoms with Gasteiger partial charge in [0.1, 0.15) is 11.0 Å². The van der Waals surface area contributed by atoms with Crippen molar-refractivity contribution in [2.24, 2.45) is 5.92 Å². The van der Waals surface area contributed by atoms with E-state index in [9.17, 15) is 8.42 Å². The Morgan fingerprint density at radius 3 is 1.85 bits per heavy atom. The highest BCUT2D eigenvalue weighted by molar-refractivity contribution is 7.89. The molecule has 0 bridgehead atoms. The molecule has 0 aliphatic carbocycles. The lowest BCUT2D eigenvalue weighted by molar-refractivity contribution is 0.524. The monoisotopic (exact) mass is 401 g/mol. The van der Waals surface area contributed by atoms with Gasteiger partial charge in [0.25, 0.3) is 0 Å². The summed E-state index contributed by atoms with van der Waals surface area (Å²) in [4.78, 5) is 2.09. The van der Waals surface area contributed by atoms with Crippen LogP contribution in [-0.2, 0) is 21.8 Å². The molecule has 0 aromatic heterocycles. The minimum Gasteiger partial charge on any atom is -0.249 e. The lowest BCUT2D eigenvalue weighted by atomic mass is 10.1.